The summed E-state index contributed by atoms with van der Waals surface area (Å²) in [6.45, 7) is 3.70. The molecule has 2 bridgehead atoms. The number of sulfonamides is 1. The standard InChI is InChI=1S/C16H22ClN3O3S/c1-2-24(21,22)19-8-11-12-9-20(15-13(17)4-3-7-18-15)10-16(12)6-5-14(11)23-16/h3-4,7,11-12,14,19H,2,5-6,8-10H2,1H3/t11-,12+,14+,16+/m0/s1. The molecule has 4 atom stereocenters. The highest BCUT2D eigenvalue weighted by Crippen LogP contribution is 2.55. The molecule has 0 radical (unpaired) electrons. The first-order valence-corrected chi connectivity index (χ1v) is 10.5. The minimum Gasteiger partial charge on any atom is -0.369 e. The zero-order chi connectivity index (χ0) is 16.9. The van der Waals surface area contributed by atoms with Gasteiger partial charge in [-0.15, -0.1) is 0 Å². The number of anilines is 1. The van der Waals surface area contributed by atoms with Gasteiger partial charge in [0.05, 0.1) is 22.5 Å². The van der Waals surface area contributed by atoms with E-state index in [2.05, 4.69) is 14.6 Å². The zero-order valence-electron chi connectivity index (χ0n) is 13.6. The van der Waals surface area contributed by atoms with Gasteiger partial charge in [-0.25, -0.2) is 18.1 Å². The third kappa shape index (κ3) is 2.62. The van der Waals surface area contributed by atoms with E-state index in [-0.39, 0.29) is 23.4 Å². The topological polar surface area (TPSA) is 71.5 Å². The number of nitrogens with zero attached hydrogens (tertiary/aromatic N) is 2. The van der Waals surface area contributed by atoms with E-state index in [0.717, 1.165) is 31.7 Å². The summed E-state index contributed by atoms with van der Waals surface area (Å²) in [7, 11) is -3.18. The van der Waals surface area contributed by atoms with Crippen LogP contribution in [0.5, 0.6) is 0 Å². The lowest BCUT2D eigenvalue weighted by Crippen LogP contribution is -2.42. The van der Waals surface area contributed by atoms with Gasteiger partial charge in [-0.1, -0.05) is 11.6 Å². The molecular formula is C16H22ClN3O3S. The molecule has 0 saturated carbocycles. The normalized spacial score (nSPS) is 34.8. The summed E-state index contributed by atoms with van der Waals surface area (Å²) >= 11 is 6.30. The number of hydrogen-bond donors (Lipinski definition) is 1. The fraction of sp³-hybridized carbons (Fsp3) is 0.688. The Bertz CT molecular complexity index is 744. The van der Waals surface area contributed by atoms with Crippen molar-refractivity contribution >= 4 is 27.4 Å². The molecule has 4 heterocycles. The maximum absolute atomic E-state index is 11.8. The molecule has 6 nitrogen and oxygen atoms in total. The van der Waals surface area contributed by atoms with Gasteiger partial charge in [-0.3, -0.25) is 0 Å². The highest BCUT2D eigenvalue weighted by molar-refractivity contribution is 7.89. The van der Waals surface area contributed by atoms with Crippen molar-refractivity contribution in [1.29, 1.82) is 0 Å². The Morgan fingerprint density at radius 1 is 1.54 bits per heavy atom. The van der Waals surface area contributed by atoms with Crippen molar-refractivity contribution in [3.8, 4) is 0 Å². The minimum absolute atomic E-state index is 0.108. The number of halogens is 1. The SMILES string of the molecule is CCS(=O)(=O)NC[C@H]1[C@H]2CN(c3ncccc3Cl)C[C@]23CC[C@H]1O3. The van der Waals surface area contributed by atoms with Crippen LogP contribution in [0.1, 0.15) is 19.8 Å². The van der Waals surface area contributed by atoms with Crippen LogP contribution in [-0.2, 0) is 14.8 Å². The van der Waals surface area contributed by atoms with Crippen molar-refractivity contribution in [3.63, 3.8) is 0 Å². The molecule has 3 saturated heterocycles. The first kappa shape index (κ1) is 16.6. The van der Waals surface area contributed by atoms with E-state index in [1.165, 1.54) is 0 Å². The molecule has 24 heavy (non-hydrogen) atoms. The molecule has 0 amide bonds. The highest BCUT2D eigenvalue weighted by Gasteiger charge is 2.63. The number of hydrogen-bond acceptors (Lipinski definition) is 5. The second-order valence-electron chi connectivity index (χ2n) is 6.97. The summed E-state index contributed by atoms with van der Waals surface area (Å²) in [6.07, 6.45) is 3.94. The van der Waals surface area contributed by atoms with Crippen LogP contribution in [0, 0.1) is 11.8 Å². The number of nitrogens with one attached hydrogen (secondary N) is 1. The highest BCUT2D eigenvalue weighted by atomic mass is 35.5. The Kier molecular flexibility index (Phi) is 4.03. The van der Waals surface area contributed by atoms with Gasteiger partial charge >= 0.3 is 0 Å². The summed E-state index contributed by atoms with van der Waals surface area (Å²) in [4.78, 5) is 6.61. The molecule has 132 valence electrons. The molecule has 1 spiro atoms. The summed E-state index contributed by atoms with van der Waals surface area (Å²) < 4.78 is 32.7. The molecule has 0 aromatic carbocycles. The first-order chi connectivity index (χ1) is 11.4. The van der Waals surface area contributed by atoms with E-state index in [9.17, 15) is 8.42 Å². The van der Waals surface area contributed by atoms with Crippen LogP contribution in [0.15, 0.2) is 18.3 Å². The molecule has 1 aromatic rings. The Hall–Kier alpha value is -0.890. The molecule has 0 unspecified atom stereocenters. The van der Waals surface area contributed by atoms with Gasteiger partial charge in [0, 0.05) is 37.7 Å². The van der Waals surface area contributed by atoms with Crippen molar-refractivity contribution in [3.05, 3.63) is 23.4 Å². The van der Waals surface area contributed by atoms with Crippen molar-refractivity contribution in [2.45, 2.75) is 31.5 Å². The van der Waals surface area contributed by atoms with E-state index < -0.39 is 10.0 Å². The molecule has 3 fully saturated rings. The van der Waals surface area contributed by atoms with Crippen molar-refractivity contribution in [1.82, 2.24) is 9.71 Å². The molecule has 1 N–H and O–H groups in total. The quantitative estimate of drug-likeness (QED) is 0.852. The average Bonchev–Trinajstić information content (AvgIpc) is 3.21. The van der Waals surface area contributed by atoms with Crippen LogP contribution in [-0.4, -0.2) is 50.5 Å². The van der Waals surface area contributed by atoms with Crippen molar-refractivity contribution in [2.75, 3.05) is 30.3 Å². The summed E-state index contributed by atoms with van der Waals surface area (Å²) in [5, 5.41) is 0.645. The number of rotatable bonds is 5. The van der Waals surface area contributed by atoms with E-state index in [1.807, 2.05) is 12.1 Å². The average molecular weight is 372 g/mol. The van der Waals surface area contributed by atoms with Crippen LogP contribution < -0.4 is 9.62 Å². The number of fused-ring (bicyclic) bond motifs is 1. The predicted octanol–water partition coefficient (Wildman–Crippen LogP) is 1.66. The van der Waals surface area contributed by atoms with Crippen molar-refractivity contribution in [2.24, 2.45) is 11.8 Å². The second-order valence-corrected chi connectivity index (χ2v) is 9.47. The lowest BCUT2D eigenvalue weighted by molar-refractivity contribution is 0.0142. The van der Waals surface area contributed by atoms with E-state index in [0.29, 0.717) is 17.5 Å². The fourth-order valence-electron chi connectivity index (χ4n) is 4.56. The van der Waals surface area contributed by atoms with Crippen LogP contribution >= 0.6 is 11.6 Å². The molecule has 3 aliphatic heterocycles. The van der Waals surface area contributed by atoms with Gasteiger partial charge in [-0.05, 0) is 31.9 Å². The summed E-state index contributed by atoms with van der Waals surface area (Å²) in [5.74, 6) is 1.43. The maximum Gasteiger partial charge on any atom is 0.211 e. The summed E-state index contributed by atoms with van der Waals surface area (Å²) in [5.41, 5.74) is -0.173. The third-order valence-electron chi connectivity index (χ3n) is 5.74. The Labute approximate surface area is 147 Å². The van der Waals surface area contributed by atoms with Gasteiger partial charge in [0.25, 0.3) is 0 Å². The van der Waals surface area contributed by atoms with Gasteiger partial charge in [0.1, 0.15) is 5.82 Å². The summed E-state index contributed by atoms with van der Waals surface area (Å²) in [6, 6.07) is 3.67. The molecule has 4 rings (SSSR count). The van der Waals surface area contributed by atoms with Crippen LogP contribution in [0.4, 0.5) is 5.82 Å². The molecule has 8 heteroatoms. The van der Waals surface area contributed by atoms with Crippen LogP contribution in [0.3, 0.4) is 0 Å². The van der Waals surface area contributed by atoms with E-state index >= 15 is 0 Å². The van der Waals surface area contributed by atoms with Gasteiger partial charge in [-0.2, -0.15) is 0 Å². The Morgan fingerprint density at radius 2 is 2.38 bits per heavy atom. The van der Waals surface area contributed by atoms with E-state index in [4.69, 9.17) is 16.3 Å². The largest absolute Gasteiger partial charge is 0.369 e. The third-order valence-corrected chi connectivity index (χ3v) is 7.40. The van der Waals surface area contributed by atoms with Gasteiger partial charge in [0.2, 0.25) is 10.0 Å². The number of ether oxygens (including phenoxy) is 1. The smallest absolute Gasteiger partial charge is 0.211 e. The van der Waals surface area contributed by atoms with Crippen molar-refractivity contribution < 1.29 is 13.2 Å². The maximum atomic E-state index is 11.8. The van der Waals surface area contributed by atoms with Gasteiger partial charge < -0.3 is 9.64 Å². The molecule has 1 aromatic heterocycles. The fourth-order valence-corrected chi connectivity index (χ4v) is 5.45. The predicted molar refractivity (Wildman–Crippen MR) is 92.7 cm³/mol. The number of aromatic nitrogens is 1. The lowest BCUT2D eigenvalue weighted by Gasteiger charge is -2.29. The van der Waals surface area contributed by atoms with Crippen LogP contribution in [0.2, 0.25) is 5.02 Å². The van der Waals surface area contributed by atoms with Gasteiger partial charge in [0.15, 0.2) is 0 Å². The first-order valence-electron chi connectivity index (χ1n) is 8.45. The molecular weight excluding hydrogens is 350 g/mol. The monoisotopic (exact) mass is 371 g/mol. The van der Waals surface area contributed by atoms with Crippen LogP contribution in [0.25, 0.3) is 0 Å². The second kappa shape index (κ2) is 5.83. The molecule has 3 aliphatic rings. The minimum atomic E-state index is -3.18. The number of pyridine rings is 1. The Balaban J connectivity index is 1.54. The Morgan fingerprint density at radius 3 is 3.12 bits per heavy atom. The van der Waals surface area contributed by atoms with E-state index in [1.54, 1.807) is 13.1 Å². The zero-order valence-corrected chi connectivity index (χ0v) is 15.2. The lowest BCUT2D eigenvalue weighted by atomic mass is 9.74. The molecule has 0 aliphatic carbocycles.